The Morgan fingerprint density at radius 1 is 0.971 bits per heavy atom. The Labute approximate surface area is 189 Å². The van der Waals surface area contributed by atoms with Gasteiger partial charge in [-0.05, 0) is 48.5 Å². The van der Waals surface area contributed by atoms with E-state index in [-0.39, 0.29) is 5.39 Å². The van der Waals surface area contributed by atoms with Crippen molar-refractivity contribution in [3.05, 3.63) is 93.3 Å². The van der Waals surface area contributed by atoms with E-state index in [1.165, 1.54) is 7.05 Å². The molecular weight excluding hydrogens is 453 g/mol. The maximum Gasteiger partial charge on any atom is 0.433 e. The summed E-state index contributed by atoms with van der Waals surface area (Å²) in [7, 11) is 1.18. The Bertz CT molecular complexity index is 1480. The molecule has 0 aliphatic rings. The van der Waals surface area contributed by atoms with E-state index >= 15 is 0 Å². The molecule has 11 heteroatoms. The van der Waals surface area contributed by atoms with E-state index in [0.29, 0.717) is 27.8 Å². The van der Waals surface area contributed by atoms with Gasteiger partial charge in [-0.1, -0.05) is 18.2 Å². The molecule has 0 fully saturated rings. The molecule has 0 unspecified atom stereocenters. The lowest BCUT2D eigenvalue weighted by molar-refractivity contribution is -0.141. The van der Waals surface area contributed by atoms with Crippen LogP contribution in [0.15, 0.2) is 76.3 Å². The minimum atomic E-state index is -4.74. The third-order valence-electron chi connectivity index (χ3n) is 4.90. The maximum absolute atomic E-state index is 12.9. The molecule has 34 heavy (non-hydrogen) atoms. The van der Waals surface area contributed by atoms with E-state index in [1.807, 2.05) is 18.2 Å². The molecule has 8 nitrogen and oxygen atoms in total. The third-order valence-corrected chi connectivity index (χ3v) is 4.90. The number of aryl methyl sites for hydroxylation is 1. The van der Waals surface area contributed by atoms with Crippen LogP contribution in [0.4, 0.5) is 18.9 Å². The zero-order valence-corrected chi connectivity index (χ0v) is 17.7. The first-order valence-corrected chi connectivity index (χ1v) is 9.94. The number of hydrogen-bond acceptors (Lipinski definition) is 5. The highest BCUT2D eigenvalue weighted by Crippen LogP contribution is 2.28. The Hall–Kier alpha value is -4.41. The van der Waals surface area contributed by atoms with Gasteiger partial charge in [-0.3, -0.25) is 18.7 Å². The van der Waals surface area contributed by atoms with Gasteiger partial charge in [-0.25, -0.2) is 9.78 Å². The lowest BCUT2D eigenvalue weighted by Crippen LogP contribution is -2.42. The molecule has 174 valence electrons. The summed E-state index contributed by atoms with van der Waals surface area (Å²) in [6, 6.07) is 17.1. The molecule has 0 saturated heterocycles. The van der Waals surface area contributed by atoms with Crippen LogP contribution in [0, 0.1) is 0 Å². The van der Waals surface area contributed by atoms with Crippen LogP contribution in [0.25, 0.3) is 11.0 Å². The first-order chi connectivity index (χ1) is 16.1. The Balaban J connectivity index is 1.54. The van der Waals surface area contributed by atoms with Crippen molar-refractivity contribution in [3.63, 3.8) is 0 Å². The summed E-state index contributed by atoms with van der Waals surface area (Å²) in [6.07, 6.45) is -4.74. The molecule has 4 aromatic rings. The van der Waals surface area contributed by atoms with Crippen LogP contribution in [0.3, 0.4) is 0 Å². The summed E-state index contributed by atoms with van der Waals surface area (Å²) in [6.45, 7) is -0.634. The lowest BCUT2D eigenvalue weighted by Gasteiger charge is -2.12. The minimum absolute atomic E-state index is 0.217. The molecule has 0 aliphatic heterocycles. The van der Waals surface area contributed by atoms with Gasteiger partial charge < -0.3 is 10.1 Å². The summed E-state index contributed by atoms with van der Waals surface area (Å²) in [5.41, 5.74) is -3.14. The molecule has 0 spiro atoms. The number of alkyl halides is 3. The number of fused-ring (bicyclic) bond motifs is 1. The molecule has 0 radical (unpaired) electrons. The van der Waals surface area contributed by atoms with Crippen LogP contribution in [0.5, 0.6) is 11.5 Å². The number of ether oxygens (including phenoxy) is 1. The standard InChI is InChI=1S/C23H17F3N4O4/c1-29-20-17(11-12-18(28-20)23(24,25)26)21(32)30(22(29)33)13-19(31)27-14-7-9-16(10-8-14)34-15-5-3-2-4-6-15/h2-12H,13H2,1H3,(H,27,31). The number of nitrogens with zero attached hydrogens (tertiary/aromatic N) is 3. The molecule has 4 rings (SSSR count). The lowest BCUT2D eigenvalue weighted by atomic mass is 10.2. The van der Waals surface area contributed by atoms with Gasteiger partial charge in [-0.15, -0.1) is 0 Å². The summed E-state index contributed by atoms with van der Waals surface area (Å²) in [5.74, 6) is 0.507. The van der Waals surface area contributed by atoms with Gasteiger partial charge in [0.25, 0.3) is 5.56 Å². The molecule has 0 atom stereocenters. The number of anilines is 1. The van der Waals surface area contributed by atoms with Crippen LogP contribution >= 0.6 is 0 Å². The number of aromatic nitrogens is 3. The van der Waals surface area contributed by atoms with Crippen molar-refractivity contribution >= 4 is 22.6 Å². The normalized spacial score (nSPS) is 11.4. The van der Waals surface area contributed by atoms with Crippen LogP contribution in [0.2, 0.25) is 0 Å². The van der Waals surface area contributed by atoms with Gasteiger partial charge in [0, 0.05) is 12.7 Å². The molecule has 2 aromatic carbocycles. The first kappa shape index (κ1) is 22.8. The quantitative estimate of drug-likeness (QED) is 0.482. The molecule has 0 aliphatic carbocycles. The number of hydrogen-bond donors (Lipinski definition) is 1. The van der Waals surface area contributed by atoms with Crippen LogP contribution < -0.4 is 21.3 Å². The highest BCUT2D eigenvalue weighted by molar-refractivity contribution is 5.90. The largest absolute Gasteiger partial charge is 0.457 e. The number of rotatable bonds is 5. The van der Waals surface area contributed by atoms with Crippen LogP contribution in [-0.4, -0.2) is 20.0 Å². The second-order valence-electron chi connectivity index (χ2n) is 7.29. The third kappa shape index (κ3) is 4.68. The van der Waals surface area contributed by atoms with Gasteiger partial charge in [0.05, 0.1) is 5.39 Å². The fraction of sp³-hybridized carbons (Fsp3) is 0.130. The monoisotopic (exact) mass is 470 g/mol. The molecule has 1 N–H and O–H groups in total. The number of nitrogens with one attached hydrogen (secondary N) is 1. The van der Waals surface area contributed by atoms with E-state index in [0.717, 1.165) is 10.6 Å². The highest BCUT2D eigenvalue weighted by Gasteiger charge is 2.33. The van der Waals surface area contributed by atoms with E-state index in [2.05, 4.69) is 10.3 Å². The van der Waals surface area contributed by atoms with Crippen molar-refractivity contribution in [2.24, 2.45) is 7.05 Å². The van der Waals surface area contributed by atoms with Crippen molar-refractivity contribution < 1.29 is 22.7 Å². The summed E-state index contributed by atoms with van der Waals surface area (Å²) < 4.78 is 46.0. The average molecular weight is 470 g/mol. The fourth-order valence-corrected chi connectivity index (χ4v) is 3.25. The Morgan fingerprint density at radius 3 is 2.26 bits per heavy atom. The number of carbonyl (C=O) groups excluding carboxylic acids is 1. The Kier molecular flexibility index (Phi) is 5.93. The van der Waals surface area contributed by atoms with Crippen LogP contribution in [-0.2, 0) is 24.6 Å². The molecule has 2 aromatic heterocycles. The number of carbonyl (C=O) groups is 1. The number of amides is 1. The van der Waals surface area contributed by atoms with Crippen molar-refractivity contribution in [3.8, 4) is 11.5 Å². The SMILES string of the molecule is Cn1c(=O)n(CC(=O)Nc2ccc(Oc3ccccc3)cc2)c(=O)c2ccc(C(F)(F)F)nc21. The predicted octanol–water partition coefficient (Wildman–Crippen LogP) is 3.55. The summed E-state index contributed by atoms with van der Waals surface area (Å²) in [5, 5.41) is 2.35. The second-order valence-corrected chi connectivity index (χ2v) is 7.29. The molecule has 0 saturated carbocycles. The molecule has 2 heterocycles. The van der Waals surface area contributed by atoms with Crippen molar-refractivity contribution in [1.29, 1.82) is 0 Å². The maximum atomic E-state index is 12.9. The minimum Gasteiger partial charge on any atom is -0.457 e. The van der Waals surface area contributed by atoms with Crippen molar-refractivity contribution in [2.45, 2.75) is 12.7 Å². The topological polar surface area (TPSA) is 95.2 Å². The molecule has 1 amide bonds. The number of para-hydroxylation sites is 1. The number of pyridine rings is 1. The zero-order chi connectivity index (χ0) is 24.5. The molecule has 0 bridgehead atoms. The molecular formula is C23H17F3N4O4. The van der Waals surface area contributed by atoms with Gasteiger partial charge >= 0.3 is 11.9 Å². The van der Waals surface area contributed by atoms with Crippen molar-refractivity contribution in [1.82, 2.24) is 14.1 Å². The van der Waals surface area contributed by atoms with E-state index in [9.17, 15) is 27.6 Å². The average Bonchev–Trinajstić information content (AvgIpc) is 2.81. The van der Waals surface area contributed by atoms with Gasteiger partial charge in [0.15, 0.2) is 0 Å². The van der Waals surface area contributed by atoms with Crippen molar-refractivity contribution in [2.75, 3.05) is 5.32 Å². The van der Waals surface area contributed by atoms with E-state index in [4.69, 9.17) is 4.74 Å². The Morgan fingerprint density at radius 2 is 1.62 bits per heavy atom. The summed E-state index contributed by atoms with van der Waals surface area (Å²) in [4.78, 5) is 41.2. The van der Waals surface area contributed by atoms with Gasteiger partial charge in [0.1, 0.15) is 29.4 Å². The zero-order valence-electron chi connectivity index (χ0n) is 17.7. The van der Waals surface area contributed by atoms with Gasteiger partial charge in [0.2, 0.25) is 5.91 Å². The van der Waals surface area contributed by atoms with Gasteiger partial charge in [-0.2, -0.15) is 13.2 Å². The van der Waals surface area contributed by atoms with E-state index < -0.39 is 41.2 Å². The predicted molar refractivity (Wildman–Crippen MR) is 118 cm³/mol. The first-order valence-electron chi connectivity index (χ1n) is 9.94. The second kappa shape index (κ2) is 8.85. The van der Waals surface area contributed by atoms with Crippen LogP contribution in [0.1, 0.15) is 5.69 Å². The summed E-state index contributed by atoms with van der Waals surface area (Å²) >= 11 is 0. The fourth-order valence-electron chi connectivity index (χ4n) is 3.25. The smallest absolute Gasteiger partial charge is 0.433 e. The number of benzene rings is 2. The van der Waals surface area contributed by atoms with E-state index in [1.54, 1.807) is 36.4 Å². The number of halogens is 3. The highest BCUT2D eigenvalue weighted by atomic mass is 19.4.